The second kappa shape index (κ2) is 18.4. The molecule has 0 aromatic rings. The number of urea groups is 1. The van der Waals surface area contributed by atoms with Crippen LogP contribution in [0.5, 0.6) is 0 Å². The van der Waals surface area contributed by atoms with Gasteiger partial charge in [-0.15, -0.1) is 11.6 Å². The summed E-state index contributed by atoms with van der Waals surface area (Å²) in [5.41, 5.74) is 1.88. The summed E-state index contributed by atoms with van der Waals surface area (Å²) in [6.07, 6.45) is 11.8. The predicted molar refractivity (Wildman–Crippen MR) is 160 cm³/mol. The summed E-state index contributed by atoms with van der Waals surface area (Å²) in [7, 11) is 1.79. The van der Waals surface area contributed by atoms with Crippen molar-refractivity contribution < 1.29 is 26.0 Å². The van der Waals surface area contributed by atoms with E-state index in [4.69, 9.17) is 16.3 Å². The zero-order valence-electron chi connectivity index (χ0n) is 23.9. The fourth-order valence-corrected chi connectivity index (χ4v) is 6.78. The van der Waals surface area contributed by atoms with E-state index in [2.05, 4.69) is 49.3 Å². The van der Waals surface area contributed by atoms with Crippen LogP contribution in [0.15, 0.2) is 11.6 Å². The smallest absolute Gasteiger partial charge is 0.315 e. The average Bonchev–Trinajstić information content (AvgIpc) is 2.78. The molecule has 0 radical (unpaired) electrons. The maximum Gasteiger partial charge on any atom is 0.315 e. The van der Waals surface area contributed by atoms with Gasteiger partial charge in [0.15, 0.2) is 0 Å². The van der Waals surface area contributed by atoms with Crippen LogP contribution < -0.4 is 10.6 Å². The summed E-state index contributed by atoms with van der Waals surface area (Å²) in [6.45, 7) is 14.0. The van der Waals surface area contributed by atoms with Crippen LogP contribution in [-0.4, -0.2) is 78.7 Å². The molecular formula is C29H60ClN3O5. The van der Waals surface area contributed by atoms with Gasteiger partial charge in [-0.3, -0.25) is 0 Å². The first-order valence-electron chi connectivity index (χ1n) is 13.8. The Morgan fingerprint density at radius 3 is 2.42 bits per heavy atom. The Labute approximate surface area is 237 Å². The quantitative estimate of drug-likeness (QED) is 0.321. The average molecular weight is 566 g/mol. The number of carbonyl (C=O) groups excluding carboxylic acids is 1. The molecular weight excluding hydrogens is 506 g/mol. The lowest BCUT2D eigenvalue weighted by Crippen LogP contribution is -2.54. The molecule has 0 aromatic carbocycles. The molecule has 0 aromatic heterocycles. The molecule has 4 unspecified atom stereocenters. The number of alkyl halides is 1. The van der Waals surface area contributed by atoms with Gasteiger partial charge in [0.25, 0.3) is 0 Å². The summed E-state index contributed by atoms with van der Waals surface area (Å²) >= 11 is 6.33. The number of hydrogen-bond acceptors (Lipinski definition) is 3. The van der Waals surface area contributed by atoms with Crippen molar-refractivity contribution in [3.8, 4) is 0 Å². The molecule has 38 heavy (non-hydrogen) atoms. The number of amides is 2. The molecule has 2 aliphatic carbocycles. The molecule has 3 rings (SSSR count). The predicted octanol–water partition coefficient (Wildman–Crippen LogP) is 3.99. The van der Waals surface area contributed by atoms with E-state index in [1.807, 2.05) is 0 Å². The van der Waals surface area contributed by atoms with Gasteiger partial charge < -0.3 is 36.7 Å². The number of nitrogens with zero attached hydrogens (tertiary/aromatic N) is 1. The lowest BCUT2D eigenvalue weighted by atomic mass is 9.68. The van der Waals surface area contributed by atoms with Crippen LogP contribution in [0, 0.1) is 29.1 Å². The molecule has 5 atom stereocenters. The van der Waals surface area contributed by atoms with Crippen molar-refractivity contribution in [1.82, 2.24) is 15.5 Å². The second-order valence-electron chi connectivity index (χ2n) is 12.3. The molecule has 3 aliphatic rings. The van der Waals surface area contributed by atoms with Gasteiger partial charge in [-0.1, -0.05) is 53.2 Å². The Kier molecular flexibility index (Phi) is 19.1. The molecule has 1 saturated heterocycles. The zero-order chi connectivity index (χ0) is 24.7. The minimum absolute atomic E-state index is 0. The summed E-state index contributed by atoms with van der Waals surface area (Å²) in [6, 6.07) is 0.149. The fourth-order valence-electron chi connectivity index (χ4n) is 6.58. The van der Waals surface area contributed by atoms with E-state index in [1.165, 1.54) is 25.7 Å². The highest BCUT2D eigenvalue weighted by atomic mass is 35.5. The van der Waals surface area contributed by atoms with E-state index < -0.39 is 0 Å². The number of allylic oxidation sites excluding steroid dienone is 2. The summed E-state index contributed by atoms with van der Waals surface area (Å²) < 4.78 is 5.35. The molecule has 1 heterocycles. The number of carbonyl (C=O) groups is 1. The van der Waals surface area contributed by atoms with Crippen LogP contribution in [-0.2, 0) is 4.74 Å². The van der Waals surface area contributed by atoms with Gasteiger partial charge in [0, 0.05) is 44.8 Å². The Hall–Kier alpha value is -0.900. The molecule has 8 N–H and O–H groups in total. The SMILES string of the molecule is C.COCC1CCCC(CNC(=O)N[C@@H](CN2CCC(C3=CCC(Cl)CC3)C(C)(C)C2)C(C)C)C1.O.O.O. The lowest BCUT2D eigenvalue weighted by molar-refractivity contribution is 0.0608. The first-order valence-corrected chi connectivity index (χ1v) is 14.2. The van der Waals surface area contributed by atoms with E-state index in [-0.39, 0.29) is 41.3 Å². The van der Waals surface area contributed by atoms with Gasteiger partial charge in [-0.05, 0) is 80.6 Å². The molecule has 0 spiro atoms. The normalized spacial score (nSPS) is 27.8. The van der Waals surface area contributed by atoms with E-state index in [1.54, 1.807) is 12.7 Å². The molecule has 1 saturated carbocycles. The van der Waals surface area contributed by atoms with Crippen molar-refractivity contribution in [2.75, 3.05) is 39.9 Å². The fraction of sp³-hybridized carbons (Fsp3) is 0.897. The molecule has 228 valence electrons. The van der Waals surface area contributed by atoms with Crippen molar-refractivity contribution in [1.29, 1.82) is 0 Å². The third kappa shape index (κ3) is 11.7. The zero-order valence-corrected chi connectivity index (χ0v) is 24.6. The number of nitrogens with one attached hydrogen (secondary N) is 2. The molecule has 8 nitrogen and oxygen atoms in total. The largest absolute Gasteiger partial charge is 0.412 e. The van der Waals surface area contributed by atoms with Crippen LogP contribution in [0.25, 0.3) is 0 Å². The van der Waals surface area contributed by atoms with Gasteiger partial charge in [-0.25, -0.2) is 4.79 Å². The number of hydrogen-bond donors (Lipinski definition) is 2. The van der Waals surface area contributed by atoms with Crippen molar-refractivity contribution in [3.63, 3.8) is 0 Å². The highest BCUT2D eigenvalue weighted by Crippen LogP contribution is 2.43. The van der Waals surface area contributed by atoms with Crippen molar-refractivity contribution in [2.45, 2.75) is 97.9 Å². The van der Waals surface area contributed by atoms with Gasteiger partial charge in [0.1, 0.15) is 0 Å². The topological polar surface area (TPSA) is 148 Å². The number of ether oxygens (including phenoxy) is 1. The van der Waals surface area contributed by atoms with Crippen LogP contribution in [0.2, 0.25) is 0 Å². The highest BCUT2D eigenvalue weighted by molar-refractivity contribution is 6.20. The van der Waals surface area contributed by atoms with Gasteiger partial charge in [0.2, 0.25) is 0 Å². The molecule has 0 bridgehead atoms. The highest BCUT2D eigenvalue weighted by Gasteiger charge is 2.39. The van der Waals surface area contributed by atoms with Crippen LogP contribution >= 0.6 is 11.6 Å². The van der Waals surface area contributed by atoms with E-state index >= 15 is 0 Å². The Balaban J connectivity index is 0. The van der Waals surface area contributed by atoms with Crippen LogP contribution in [0.1, 0.15) is 86.5 Å². The van der Waals surface area contributed by atoms with Crippen molar-refractivity contribution in [2.24, 2.45) is 29.1 Å². The lowest BCUT2D eigenvalue weighted by Gasteiger charge is -2.47. The molecule has 2 fully saturated rings. The molecule has 1 aliphatic heterocycles. The van der Waals surface area contributed by atoms with Gasteiger partial charge in [0.05, 0.1) is 0 Å². The third-order valence-electron chi connectivity index (χ3n) is 8.56. The monoisotopic (exact) mass is 565 g/mol. The van der Waals surface area contributed by atoms with E-state index in [0.29, 0.717) is 29.0 Å². The van der Waals surface area contributed by atoms with Crippen LogP contribution in [0.4, 0.5) is 4.79 Å². The minimum atomic E-state index is -0.00954. The third-order valence-corrected chi connectivity index (χ3v) is 8.96. The standard InChI is InChI=1S/C28H50ClN3O2.CH4.3H2O/c1-20(2)26(31-27(33)30-16-21-7-6-8-22(15-21)18-34-5)17-32-14-13-25(28(3,4)19-32)23-9-11-24(29)12-10-23;;;;/h9,20-22,24-26H,6-8,10-19H2,1-5H3,(H2,30,31,33);1H4;3*1H2/t21?,22?,24?,25?,26-;;;;/m0..../s1. The number of halogens is 1. The summed E-state index contributed by atoms with van der Waals surface area (Å²) in [5.74, 6) is 2.26. The van der Waals surface area contributed by atoms with E-state index in [0.717, 1.165) is 58.5 Å². The first kappa shape index (κ1) is 39.2. The van der Waals surface area contributed by atoms with Gasteiger partial charge >= 0.3 is 6.03 Å². The Bertz CT molecular complexity index is 689. The molecule has 9 heteroatoms. The van der Waals surface area contributed by atoms with Crippen molar-refractivity contribution in [3.05, 3.63) is 11.6 Å². The van der Waals surface area contributed by atoms with Crippen molar-refractivity contribution >= 4 is 17.6 Å². The number of methoxy groups -OCH3 is 1. The molecule has 2 amide bonds. The first-order chi connectivity index (χ1) is 16.2. The maximum atomic E-state index is 12.8. The summed E-state index contributed by atoms with van der Waals surface area (Å²) in [4.78, 5) is 15.4. The number of likely N-dealkylation sites (tertiary alicyclic amines) is 1. The van der Waals surface area contributed by atoms with Gasteiger partial charge in [-0.2, -0.15) is 0 Å². The van der Waals surface area contributed by atoms with Crippen LogP contribution in [0.3, 0.4) is 0 Å². The second-order valence-corrected chi connectivity index (χ2v) is 12.9. The van der Waals surface area contributed by atoms with E-state index in [9.17, 15) is 4.79 Å². The number of rotatable bonds is 9. The number of piperidine rings is 1. The Morgan fingerprint density at radius 1 is 1.16 bits per heavy atom. The maximum absolute atomic E-state index is 12.8. The Morgan fingerprint density at radius 2 is 1.84 bits per heavy atom. The summed E-state index contributed by atoms with van der Waals surface area (Å²) in [5, 5.41) is 6.80. The minimum Gasteiger partial charge on any atom is -0.412 e.